The Morgan fingerprint density at radius 1 is 1.18 bits per heavy atom. The number of hydrogen-bond acceptors (Lipinski definition) is 5. The number of amides is 1. The average molecular weight is 394 g/mol. The zero-order valence-electron chi connectivity index (χ0n) is 15.0. The predicted octanol–water partition coefficient (Wildman–Crippen LogP) is 3.81. The minimum Gasteiger partial charge on any atom is -0.439 e. The Kier molecular flexibility index (Phi) is 4.90. The minimum absolute atomic E-state index is 0.148. The lowest BCUT2D eigenvalue weighted by atomic mass is 10.2. The van der Waals surface area contributed by atoms with E-state index in [1.165, 1.54) is 0 Å². The van der Waals surface area contributed by atoms with E-state index in [-0.39, 0.29) is 18.1 Å². The van der Waals surface area contributed by atoms with Crippen molar-refractivity contribution < 1.29 is 9.21 Å². The van der Waals surface area contributed by atoms with Gasteiger partial charge >= 0.3 is 0 Å². The molecule has 1 N–H and O–H groups in total. The van der Waals surface area contributed by atoms with Gasteiger partial charge in [0, 0.05) is 10.6 Å². The Labute approximate surface area is 166 Å². The van der Waals surface area contributed by atoms with Crippen LogP contribution in [-0.4, -0.2) is 25.9 Å². The maximum atomic E-state index is 12.5. The van der Waals surface area contributed by atoms with Gasteiger partial charge in [0.15, 0.2) is 11.5 Å². The zero-order chi connectivity index (χ0) is 19.5. The Morgan fingerprint density at radius 2 is 2.00 bits per heavy atom. The number of halogens is 1. The van der Waals surface area contributed by atoms with Crippen LogP contribution in [0, 0.1) is 6.92 Å². The van der Waals surface area contributed by atoms with Gasteiger partial charge in [-0.25, -0.2) is 9.67 Å². The summed E-state index contributed by atoms with van der Waals surface area (Å²) in [6.45, 7) is 1.92. The van der Waals surface area contributed by atoms with E-state index in [1.807, 2.05) is 42.5 Å². The smallest absolute Gasteiger partial charge is 0.274 e. The van der Waals surface area contributed by atoms with Crippen LogP contribution in [0.25, 0.3) is 17.0 Å². The molecule has 2 heterocycles. The molecule has 0 aliphatic carbocycles. The molecule has 0 saturated heterocycles. The van der Waals surface area contributed by atoms with Gasteiger partial charge in [0.1, 0.15) is 0 Å². The second-order valence-corrected chi connectivity index (χ2v) is 6.52. The van der Waals surface area contributed by atoms with Crippen molar-refractivity contribution in [2.75, 3.05) is 0 Å². The molecule has 0 atom stereocenters. The van der Waals surface area contributed by atoms with E-state index in [4.69, 9.17) is 16.0 Å². The third kappa shape index (κ3) is 3.65. The number of carbonyl (C=O) groups is 1. The summed E-state index contributed by atoms with van der Waals surface area (Å²) in [4.78, 5) is 16.7. The fraction of sp³-hybridized carbons (Fsp3) is 0.100. The fourth-order valence-electron chi connectivity index (χ4n) is 2.76. The lowest BCUT2D eigenvalue weighted by Gasteiger charge is -2.04. The SMILES string of the molecule is Cc1c(C(=O)NCc2ncc(-c3ccccc3)o2)nnn1-c1cccc(Cl)c1. The zero-order valence-corrected chi connectivity index (χ0v) is 15.7. The first-order valence-electron chi connectivity index (χ1n) is 8.58. The van der Waals surface area contributed by atoms with Crippen molar-refractivity contribution >= 4 is 17.5 Å². The van der Waals surface area contributed by atoms with Gasteiger partial charge in [-0.1, -0.05) is 53.2 Å². The quantitative estimate of drug-likeness (QED) is 0.557. The molecule has 0 radical (unpaired) electrons. The number of nitrogens with one attached hydrogen (secondary N) is 1. The highest BCUT2D eigenvalue weighted by molar-refractivity contribution is 6.30. The van der Waals surface area contributed by atoms with Crippen LogP contribution in [0.4, 0.5) is 0 Å². The molecule has 140 valence electrons. The molecule has 4 aromatic rings. The number of benzene rings is 2. The number of oxazole rings is 1. The molecule has 28 heavy (non-hydrogen) atoms. The van der Waals surface area contributed by atoms with E-state index >= 15 is 0 Å². The van der Waals surface area contributed by atoms with Gasteiger partial charge in [-0.3, -0.25) is 4.79 Å². The largest absolute Gasteiger partial charge is 0.439 e. The average Bonchev–Trinajstić information content (AvgIpc) is 3.34. The molecule has 1 amide bonds. The topological polar surface area (TPSA) is 85.8 Å². The number of carbonyl (C=O) groups excluding carboxylic acids is 1. The summed E-state index contributed by atoms with van der Waals surface area (Å²) in [6.07, 6.45) is 1.64. The monoisotopic (exact) mass is 393 g/mol. The molecule has 0 aliphatic heterocycles. The van der Waals surface area contributed by atoms with Gasteiger partial charge < -0.3 is 9.73 Å². The minimum atomic E-state index is -0.356. The molecule has 0 aliphatic rings. The van der Waals surface area contributed by atoms with E-state index < -0.39 is 0 Å². The number of nitrogens with zero attached hydrogens (tertiary/aromatic N) is 4. The molecule has 2 aromatic carbocycles. The van der Waals surface area contributed by atoms with Crippen LogP contribution in [0.2, 0.25) is 5.02 Å². The van der Waals surface area contributed by atoms with Crippen LogP contribution >= 0.6 is 11.6 Å². The third-order valence-corrected chi connectivity index (χ3v) is 4.41. The molecule has 0 bridgehead atoms. The molecule has 0 fully saturated rings. The summed E-state index contributed by atoms with van der Waals surface area (Å²) in [5, 5.41) is 11.4. The summed E-state index contributed by atoms with van der Waals surface area (Å²) in [5.41, 5.74) is 2.50. The van der Waals surface area contributed by atoms with Crippen LogP contribution in [-0.2, 0) is 6.54 Å². The Morgan fingerprint density at radius 3 is 2.79 bits per heavy atom. The van der Waals surface area contributed by atoms with Gasteiger partial charge in [0.05, 0.1) is 24.1 Å². The van der Waals surface area contributed by atoms with E-state index in [1.54, 1.807) is 29.9 Å². The molecule has 0 unspecified atom stereocenters. The van der Waals surface area contributed by atoms with Crippen molar-refractivity contribution in [3.05, 3.63) is 83.1 Å². The third-order valence-electron chi connectivity index (χ3n) is 4.17. The molecule has 7 nitrogen and oxygen atoms in total. The summed E-state index contributed by atoms with van der Waals surface area (Å²) in [5.74, 6) is 0.699. The first kappa shape index (κ1) is 17.9. The van der Waals surface area contributed by atoms with Gasteiger partial charge in [-0.15, -0.1) is 5.10 Å². The molecule has 0 spiro atoms. The maximum Gasteiger partial charge on any atom is 0.274 e. The van der Waals surface area contributed by atoms with Crippen LogP contribution < -0.4 is 5.32 Å². The normalized spacial score (nSPS) is 10.8. The molecule has 8 heteroatoms. The van der Waals surface area contributed by atoms with Crippen molar-refractivity contribution in [1.29, 1.82) is 0 Å². The van der Waals surface area contributed by atoms with Crippen molar-refractivity contribution in [2.45, 2.75) is 13.5 Å². The number of hydrogen-bond donors (Lipinski definition) is 1. The molecule has 2 aromatic heterocycles. The maximum absolute atomic E-state index is 12.5. The van der Waals surface area contributed by atoms with Crippen molar-refractivity contribution in [3.63, 3.8) is 0 Å². The van der Waals surface area contributed by atoms with Crippen LogP contribution in [0.5, 0.6) is 0 Å². The fourth-order valence-corrected chi connectivity index (χ4v) is 2.94. The van der Waals surface area contributed by atoms with Gasteiger partial charge in [0.25, 0.3) is 5.91 Å². The van der Waals surface area contributed by atoms with Crippen LogP contribution in [0.15, 0.2) is 65.2 Å². The van der Waals surface area contributed by atoms with E-state index in [0.29, 0.717) is 22.4 Å². The molecular formula is C20H16ClN5O2. The summed E-state index contributed by atoms with van der Waals surface area (Å²) >= 11 is 6.02. The standard InChI is InChI=1S/C20H16ClN5O2/c1-13-19(24-25-26(13)16-9-5-8-15(21)10-16)20(27)23-12-18-22-11-17(28-18)14-6-3-2-4-7-14/h2-11H,12H2,1H3,(H,23,27). The first-order valence-corrected chi connectivity index (χ1v) is 8.96. The van der Waals surface area contributed by atoms with E-state index in [0.717, 1.165) is 11.3 Å². The summed E-state index contributed by atoms with van der Waals surface area (Å²) in [7, 11) is 0. The second-order valence-electron chi connectivity index (χ2n) is 6.08. The molecular weight excluding hydrogens is 378 g/mol. The first-order chi connectivity index (χ1) is 13.6. The van der Waals surface area contributed by atoms with Crippen molar-refractivity contribution in [2.24, 2.45) is 0 Å². The lowest BCUT2D eigenvalue weighted by Crippen LogP contribution is -2.24. The van der Waals surface area contributed by atoms with E-state index in [9.17, 15) is 4.79 Å². The number of rotatable bonds is 5. The van der Waals surface area contributed by atoms with Crippen molar-refractivity contribution in [1.82, 2.24) is 25.3 Å². The lowest BCUT2D eigenvalue weighted by molar-refractivity contribution is 0.0941. The summed E-state index contributed by atoms with van der Waals surface area (Å²) < 4.78 is 7.26. The highest BCUT2D eigenvalue weighted by Crippen LogP contribution is 2.20. The highest BCUT2D eigenvalue weighted by Gasteiger charge is 2.18. The Bertz CT molecular complexity index is 1120. The second kappa shape index (κ2) is 7.66. The van der Waals surface area contributed by atoms with Crippen molar-refractivity contribution in [3.8, 4) is 17.0 Å². The predicted molar refractivity (Wildman–Crippen MR) is 104 cm³/mol. The van der Waals surface area contributed by atoms with Crippen LogP contribution in [0.1, 0.15) is 22.1 Å². The van der Waals surface area contributed by atoms with E-state index in [2.05, 4.69) is 20.6 Å². The van der Waals surface area contributed by atoms with Gasteiger partial charge in [-0.05, 0) is 25.1 Å². The van der Waals surface area contributed by atoms with Gasteiger partial charge in [0.2, 0.25) is 5.89 Å². The van der Waals surface area contributed by atoms with Crippen LogP contribution in [0.3, 0.4) is 0 Å². The summed E-state index contributed by atoms with van der Waals surface area (Å²) in [6, 6.07) is 16.8. The number of aromatic nitrogens is 4. The Hall–Kier alpha value is -3.45. The molecule has 4 rings (SSSR count). The highest BCUT2D eigenvalue weighted by atomic mass is 35.5. The van der Waals surface area contributed by atoms with Gasteiger partial charge in [-0.2, -0.15) is 0 Å². The molecule has 0 saturated carbocycles. The Balaban J connectivity index is 1.46.